The molecule has 9 N–H and O–H groups in total. The van der Waals surface area contributed by atoms with Gasteiger partial charge in [-0.2, -0.15) is 0 Å². The smallest absolute Gasteiger partial charge is 0.326 e. The van der Waals surface area contributed by atoms with Gasteiger partial charge in [-0.3, -0.25) is 14.4 Å². The summed E-state index contributed by atoms with van der Waals surface area (Å²) in [6.07, 6.45) is 3.75. The molecule has 32 heavy (non-hydrogen) atoms. The summed E-state index contributed by atoms with van der Waals surface area (Å²) in [5.41, 5.74) is 10.8. The van der Waals surface area contributed by atoms with E-state index in [-0.39, 0.29) is 25.2 Å². The average Bonchev–Trinajstić information content (AvgIpc) is 2.71. The maximum Gasteiger partial charge on any atom is 0.326 e. The zero-order valence-electron chi connectivity index (χ0n) is 19.3. The van der Waals surface area contributed by atoms with Crippen molar-refractivity contribution >= 4 is 23.8 Å². The first-order valence-corrected chi connectivity index (χ1v) is 11.3. The Morgan fingerprint density at radius 1 is 0.844 bits per heavy atom. The van der Waals surface area contributed by atoms with Crippen LogP contribution in [0.4, 0.5) is 0 Å². The third-order valence-corrected chi connectivity index (χ3v) is 4.88. The quantitative estimate of drug-likeness (QED) is 0.128. The van der Waals surface area contributed by atoms with E-state index in [4.69, 9.17) is 16.6 Å². The zero-order chi connectivity index (χ0) is 24.5. The fraction of sp³-hybridized carbons (Fsp3) is 0.810. The van der Waals surface area contributed by atoms with E-state index < -0.39 is 41.9 Å². The third-order valence-electron chi connectivity index (χ3n) is 4.88. The van der Waals surface area contributed by atoms with Crippen LogP contribution in [-0.2, 0) is 19.2 Å². The molecule has 0 aliphatic rings. The number of hydrogen-bond acceptors (Lipinski definition) is 7. The average molecular weight is 460 g/mol. The van der Waals surface area contributed by atoms with Gasteiger partial charge in [0.1, 0.15) is 18.1 Å². The van der Waals surface area contributed by atoms with Crippen LogP contribution in [0.5, 0.6) is 0 Å². The largest absolute Gasteiger partial charge is 0.480 e. The van der Waals surface area contributed by atoms with E-state index in [0.717, 1.165) is 32.4 Å². The summed E-state index contributed by atoms with van der Waals surface area (Å²) in [6.45, 7) is 6.04. The van der Waals surface area contributed by atoms with Crippen molar-refractivity contribution in [3.05, 3.63) is 0 Å². The Kier molecular flexibility index (Phi) is 16.1. The number of amides is 2. The van der Waals surface area contributed by atoms with E-state index in [2.05, 4.69) is 16.0 Å². The molecule has 0 bridgehead atoms. The SMILES string of the molecule is CC(C)C[C@H](NC(=O)CC[C@H](N)C(=O)O)C(=O)N[C@@H](CCCCNCCCCN)C(=O)O. The van der Waals surface area contributed by atoms with Gasteiger partial charge in [-0.25, -0.2) is 4.79 Å². The van der Waals surface area contributed by atoms with Crippen molar-refractivity contribution in [1.82, 2.24) is 16.0 Å². The molecule has 186 valence electrons. The van der Waals surface area contributed by atoms with Crippen molar-refractivity contribution in [2.75, 3.05) is 19.6 Å². The van der Waals surface area contributed by atoms with Crippen molar-refractivity contribution in [1.29, 1.82) is 0 Å². The second kappa shape index (κ2) is 17.3. The van der Waals surface area contributed by atoms with Gasteiger partial charge in [0.15, 0.2) is 0 Å². The lowest BCUT2D eigenvalue weighted by atomic mass is 10.0. The van der Waals surface area contributed by atoms with Gasteiger partial charge in [-0.05, 0) is 70.5 Å². The minimum absolute atomic E-state index is 0.0603. The van der Waals surface area contributed by atoms with Crippen molar-refractivity contribution in [2.24, 2.45) is 17.4 Å². The van der Waals surface area contributed by atoms with Gasteiger partial charge in [0.2, 0.25) is 11.8 Å². The van der Waals surface area contributed by atoms with Crippen molar-refractivity contribution in [3.8, 4) is 0 Å². The molecule has 0 spiro atoms. The molecule has 2 amide bonds. The molecule has 0 unspecified atom stereocenters. The molecule has 0 aromatic rings. The van der Waals surface area contributed by atoms with E-state index in [1.54, 1.807) is 0 Å². The van der Waals surface area contributed by atoms with Crippen molar-refractivity contribution in [2.45, 2.75) is 83.3 Å². The number of carbonyl (C=O) groups is 4. The van der Waals surface area contributed by atoms with E-state index >= 15 is 0 Å². The molecular formula is C21H41N5O6. The molecular weight excluding hydrogens is 418 g/mol. The second-order valence-corrected chi connectivity index (χ2v) is 8.37. The first-order chi connectivity index (χ1) is 15.1. The molecule has 0 heterocycles. The Hall–Kier alpha value is -2.24. The zero-order valence-corrected chi connectivity index (χ0v) is 19.3. The number of nitrogens with one attached hydrogen (secondary N) is 3. The molecule has 3 atom stereocenters. The molecule has 11 nitrogen and oxygen atoms in total. The van der Waals surface area contributed by atoms with Gasteiger partial charge >= 0.3 is 11.9 Å². The van der Waals surface area contributed by atoms with Crippen LogP contribution in [-0.4, -0.2) is 71.7 Å². The van der Waals surface area contributed by atoms with Crippen LogP contribution in [0, 0.1) is 5.92 Å². The Morgan fingerprint density at radius 3 is 2.00 bits per heavy atom. The van der Waals surface area contributed by atoms with E-state index in [1.165, 1.54) is 0 Å². The third kappa shape index (κ3) is 14.7. The highest BCUT2D eigenvalue weighted by atomic mass is 16.4. The van der Waals surface area contributed by atoms with Crippen LogP contribution in [0.15, 0.2) is 0 Å². The fourth-order valence-electron chi connectivity index (χ4n) is 3.03. The van der Waals surface area contributed by atoms with E-state index in [9.17, 15) is 24.3 Å². The number of hydrogen-bond donors (Lipinski definition) is 7. The van der Waals surface area contributed by atoms with Gasteiger partial charge in [0.05, 0.1) is 0 Å². The normalized spacial score (nSPS) is 13.9. The lowest BCUT2D eigenvalue weighted by molar-refractivity contribution is -0.142. The number of carboxylic acid groups (broad SMARTS) is 2. The number of nitrogens with two attached hydrogens (primary N) is 2. The minimum Gasteiger partial charge on any atom is -0.480 e. The van der Waals surface area contributed by atoms with Gasteiger partial charge < -0.3 is 37.6 Å². The van der Waals surface area contributed by atoms with Gasteiger partial charge in [-0.1, -0.05) is 13.8 Å². The summed E-state index contributed by atoms with van der Waals surface area (Å²) in [5, 5.41) is 26.6. The summed E-state index contributed by atoms with van der Waals surface area (Å²) >= 11 is 0. The van der Waals surface area contributed by atoms with Crippen LogP contribution in [0.25, 0.3) is 0 Å². The van der Waals surface area contributed by atoms with E-state index in [0.29, 0.717) is 19.4 Å². The van der Waals surface area contributed by atoms with Crippen LogP contribution >= 0.6 is 0 Å². The molecule has 0 aliphatic carbocycles. The number of aliphatic carboxylic acids is 2. The maximum atomic E-state index is 12.7. The summed E-state index contributed by atoms with van der Waals surface area (Å²) in [5.74, 6) is -3.33. The molecule has 0 aromatic heterocycles. The summed E-state index contributed by atoms with van der Waals surface area (Å²) < 4.78 is 0. The molecule has 0 aliphatic heterocycles. The van der Waals surface area contributed by atoms with Crippen LogP contribution in [0.1, 0.15) is 65.2 Å². The first-order valence-electron chi connectivity index (χ1n) is 11.3. The summed E-state index contributed by atoms with van der Waals surface area (Å²) in [7, 11) is 0. The van der Waals surface area contributed by atoms with Crippen LogP contribution < -0.4 is 27.4 Å². The molecule has 0 saturated heterocycles. The lowest BCUT2D eigenvalue weighted by Crippen LogP contribution is -2.52. The first kappa shape index (κ1) is 29.8. The highest BCUT2D eigenvalue weighted by Gasteiger charge is 2.27. The van der Waals surface area contributed by atoms with Crippen LogP contribution in [0.2, 0.25) is 0 Å². The number of carbonyl (C=O) groups excluding carboxylic acids is 2. The van der Waals surface area contributed by atoms with Crippen LogP contribution in [0.3, 0.4) is 0 Å². The fourth-order valence-corrected chi connectivity index (χ4v) is 3.03. The standard InChI is InChI=1S/C21H41N5O6/c1-14(2)13-17(25-18(27)9-8-15(23)20(29)30)19(28)26-16(21(31)32)7-3-5-11-24-12-6-4-10-22/h14-17,24H,3-13,22-23H2,1-2H3,(H,25,27)(H,26,28)(H,29,30)(H,31,32)/t15-,16-,17-/m0/s1. The lowest BCUT2D eigenvalue weighted by Gasteiger charge is -2.23. The second-order valence-electron chi connectivity index (χ2n) is 8.37. The number of carboxylic acids is 2. The number of unbranched alkanes of at least 4 members (excludes halogenated alkanes) is 2. The monoisotopic (exact) mass is 459 g/mol. The van der Waals surface area contributed by atoms with Crippen molar-refractivity contribution < 1.29 is 29.4 Å². The predicted molar refractivity (Wildman–Crippen MR) is 121 cm³/mol. The van der Waals surface area contributed by atoms with Gasteiger partial charge in [-0.15, -0.1) is 0 Å². The number of rotatable bonds is 19. The van der Waals surface area contributed by atoms with E-state index in [1.807, 2.05) is 13.8 Å². The maximum absolute atomic E-state index is 12.7. The Balaban J connectivity index is 4.63. The minimum atomic E-state index is -1.20. The Labute approximate surface area is 190 Å². The summed E-state index contributed by atoms with van der Waals surface area (Å²) in [6, 6.07) is -3.12. The van der Waals surface area contributed by atoms with Crippen molar-refractivity contribution in [3.63, 3.8) is 0 Å². The molecule has 0 fully saturated rings. The molecule has 0 aromatic carbocycles. The molecule has 11 heteroatoms. The highest BCUT2D eigenvalue weighted by Crippen LogP contribution is 2.08. The topological polar surface area (TPSA) is 197 Å². The summed E-state index contributed by atoms with van der Waals surface area (Å²) in [4.78, 5) is 47.2. The van der Waals surface area contributed by atoms with Gasteiger partial charge in [0, 0.05) is 6.42 Å². The molecule has 0 rings (SSSR count). The Bertz CT molecular complexity index is 587. The van der Waals surface area contributed by atoms with Gasteiger partial charge in [0.25, 0.3) is 0 Å². The molecule has 0 saturated carbocycles. The highest BCUT2D eigenvalue weighted by molar-refractivity contribution is 5.90. The predicted octanol–water partition coefficient (Wildman–Crippen LogP) is -0.222. The molecule has 0 radical (unpaired) electrons. The Morgan fingerprint density at radius 2 is 1.47 bits per heavy atom.